The summed E-state index contributed by atoms with van der Waals surface area (Å²) in [4.78, 5) is 50.9. The number of rotatable bonds is 9. The Morgan fingerprint density at radius 2 is 1.76 bits per heavy atom. The Morgan fingerprint density at radius 1 is 1.06 bits per heavy atom. The molecule has 2 amide bonds. The lowest BCUT2D eigenvalue weighted by molar-refractivity contribution is -0.148. The van der Waals surface area contributed by atoms with Crippen LogP contribution in [-0.4, -0.2) is 52.2 Å². The maximum atomic E-state index is 13.0. The maximum Gasteiger partial charge on any atom is 0.326 e. The first-order valence-electron chi connectivity index (χ1n) is 10.8. The number of nitrogens with zero attached hydrogens (tertiary/aromatic N) is 2. The molecule has 2 aromatic carbocycles. The first kappa shape index (κ1) is 23.7. The number of hydrogen-bond acceptors (Lipinski definition) is 5. The van der Waals surface area contributed by atoms with E-state index >= 15 is 0 Å². The van der Waals surface area contributed by atoms with E-state index in [1.165, 1.54) is 29.2 Å². The molecule has 2 aromatic rings. The summed E-state index contributed by atoms with van der Waals surface area (Å²) in [6.45, 7) is 0.368. The predicted octanol–water partition coefficient (Wildman–Crippen LogP) is 2.32. The number of hydrogen-bond donors (Lipinski definition) is 2. The second-order valence-electron chi connectivity index (χ2n) is 7.95. The average molecular weight is 447 g/mol. The number of aliphatic carboxylic acids is 1. The van der Waals surface area contributed by atoms with Gasteiger partial charge in [0.05, 0.1) is 17.7 Å². The van der Waals surface area contributed by atoms with E-state index in [2.05, 4.69) is 5.32 Å². The Balaban J connectivity index is 1.68. The lowest BCUT2D eigenvalue weighted by Gasteiger charge is -2.22. The molecular formula is C25H25N3O5. The molecule has 33 heavy (non-hydrogen) atoms. The molecule has 170 valence electrons. The summed E-state index contributed by atoms with van der Waals surface area (Å²) < 4.78 is 0. The number of carboxylic acids is 1. The van der Waals surface area contributed by atoms with Crippen LogP contribution in [0.15, 0.2) is 54.6 Å². The van der Waals surface area contributed by atoms with E-state index in [4.69, 9.17) is 5.26 Å². The number of ketones is 1. The summed E-state index contributed by atoms with van der Waals surface area (Å²) in [6.07, 6.45) is 1.07. The van der Waals surface area contributed by atoms with Crippen LogP contribution < -0.4 is 5.32 Å². The average Bonchev–Trinajstić information content (AvgIpc) is 3.33. The minimum atomic E-state index is -1.04. The number of Topliss-reactive ketones (excluding diaryl/α,β-unsaturated/α-hetero) is 1. The van der Waals surface area contributed by atoms with Crippen molar-refractivity contribution in [2.45, 2.75) is 44.2 Å². The largest absolute Gasteiger partial charge is 0.480 e. The second-order valence-corrected chi connectivity index (χ2v) is 7.95. The molecule has 8 nitrogen and oxygen atoms in total. The summed E-state index contributed by atoms with van der Waals surface area (Å²) in [5.74, 6) is -2.17. The van der Waals surface area contributed by atoms with Crippen LogP contribution in [0.3, 0.4) is 0 Å². The van der Waals surface area contributed by atoms with Crippen molar-refractivity contribution in [2.75, 3.05) is 6.54 Å². The summed E-state index contributed by atoms with van der Waals surface area (Å²) in [6, 6.07) is 15.6. The standard InChI is InChI=1S/C25H25N3O5/c26-16-18-8-10-19(11-9-18)24(31)27-20(15-17-5-2-1-3-6-17)22(29)12-13-23(30)28-14-4-7-21(28)25(32)33/h1-3,5-6,8-11,20-21H,4,7,12-15H2,(H,27,31)(H,32,33)/t20?,21-/m0/s1. The topological polar surface area (TPSA) is 128 Å². The minimum Gasteiger partial charge on any atom is -0.480 e. The Kier molecular flexibility index (Phi) is 7.92. The van der Waals surface area contributed by atoms with Crippen molar-refractivity contribution in [2.24, 2.45) is 0 Å². The maximum absolute atomic E-state index is 13.0. The van der Waals surface area contributed by atoms with Gasteiger partial charge in [-0.05, 0) is 49.1 Å². The Morgan fingerprint density at radius 3 is 2.39 bits per heavy atom. The molecular weight excluding hydrogens is 422 g/mol. The third-order valence-electron chi connectivity index (χ3n) is 5.70. The third-order valence-corrected chi connectivity index (χ3v) is 5.70. The molecule has 2 atom stereocenters. The molecule has 0 saturated carbocycles. The lowest BCUT2D eigenvalue weighted by atomic mass is 9.98. The monoisotopic (exact) mass is 447 g/mol. The SMILES string of the molecule is N#Cc1ccc(C(=O)NC(Cc2ccccc2)C(=O)CCC(=O)N2CCC[C@H]2C(=O)O)cc1. The van der Waals surface area contributed by atoms with Gasteiger partial charge in [0.1, 0.15) is 6.04 Å². The predicted molar refractivity (Wildman–Crippen MR) is 119 cm³/mol. The van der Waals surface area contributed by atoms with Gasteiger partial charge in [-0.3, -0.25) is 14.4 Å². The van der Waals surface area contributed by atoms with Crippen LogP contribution in [0, 0.1) is 11.3 Å². The lowest BCUT2D eigenvalue weighted by Crippen LogP contribution is -2.44. The second kappa shape index (κ2) is 11.0. The van der Waals surface area contributed by atoms with E-state index in [9.17, 15) is 24.3 Å². The van der Waals surface area contributed by atoms with Gasteiger partial charge < -0.3 is 15.3 Å². The van der Waals surface area contributed by atoms with Crippen molar-refractivity contribution >= 4 is 23.6 Å². The van der Waals surface area contributed by atoms with Gasteiger partial charge in [0, 0.05) is 24.9 Å². The molecule has 1 unspecified atom stereocenters. The molecule has 0 bridgehead atoms. The number of amides is 2. The summed E-state index contributed by atoms with van der Waals surface area (Å²) >= 11 is 0. The highest BCUT2D eigenvalue weighted by atomic mass is 16.4. The fourth-order valence-electron chi connectivity index (χ4n) is 3.90. The van der Waals surface area contributed by atoms with Crippen LogP contribution in [-0.2, 0) is 20.8 Å². The van der Waals surface area contributed by atoms with Gasteiger partial charge in [0.2, 0.25) is 5.91 Å². The van der Waals surface area contributed by atoms with E-state index in [1.54, 1.807) is 0 Å². The highest BCUT2D eigenvalue weighted by Gasteiger charge is 2.34. The van der Waals surface area contributed by atoms with E-state index < -0.39 is 24.0 Å². The van der Waals surface area contributed by atoms with E-state index in [1.807, 2.05) is 36.4 Å². The molecule has 0 spiro atoms. The minimum absolute atomic E-state index is 0.104. The smallest absolute Gasteiger partial charge is 0.326 e. The first-order chi connectivity index (χ1) is 15.9. The molecule has 1 heterocycles. The molecule has 1 saturated heterocycles. The van der Waals surface area contributed by atoms with Crippen LogP contribution in [0.2, 0.25) is 0 Å². The zero-order valence-corrected chi connectivity index (χ0v) is 18.1. The van der Waals surface area contributed by atoms with Crippen molar-refractivity contribution in [3.63, 3.8) is 0 Å². The first-order valence-corrected chi connectivity index (χ1v) is 10.8. The number of nitrogens with one attached hydrogen (secondary N) is 1. The zero-order valence-electron chi connectivity index (χ0n) is 18.1. The van der Waals surface area contributed by atoms with Crippen molar-refractivity contribution in [1.82, 2.24) is 10.2 Å². The van der Waals surface area contributed by atoms with Crippen LogP contribution in [0.1, 0.15) is 47.2 Å². The molecule has 3 rings (SSSR count). The summed E-state index contributed by atoms with van der Waals surface area (Å²) in [5, 5.41) is 20.9. The van der Waals surface area contributed by atoms with Gasteiger partial charge >= 0.3 is 5.97 Å². The highest BCUT2D eigenvalue weighted by molar-refractivity contribution is 5.98. The Labute approximate surface area is 191 Å². The van der Waals surface area contributed by atoms with E-state index in [-0.39, 0.29) is 31.0 Å². The van der Waals surface area contributed by atoms with Gasteiger partial charge in [-0.1, -0.05) is 30.3 Å². The highest BCUT2D eigenvalue weighted by Crippen LogP contribution is 2.19. The number of benzene rings is 2. The molecule has 1 aliphatic heterocycles. The molecule has 2 N–H and O–H groups in total. The van der Waals surface area contributed by atoms with Crippen LogP contribution in [0.4, 0.5) is 0 Å². The normalized spacial score (nSPS) is 16.0. The van der Waals surface area contributed by atoms with Crippen molar-refractivity contribution in [1.29, 1.82) is 5.26 Å². The molecule has 0 aromatic heterocycles. The number of nitriles is 1. The van der Waals surface area contributed by atoms with Gasteiger partial charge in [-0.25, -0.2) is 4.79 Å². The van der Waals surface area contributed by atoms with Crippen molar-refractivity contribution in [3.05, 3.63) is 71.3 Å². The van der Waals surface area contributed by atoms with Crippen LogP contribution in [0.25, 0.3) is 0 Å². The fourth-order valence-corrected chi connectivity index (χ4v) is 3.90. The fraction of sp³-hybridized carbons (Fsp3) is 0.320. The quantitative estimate of drug-likeness (QED) is 0.607. The summed E-state index contributed by atoms with van der Waals surface area (Å²) in [7, 11) is 0. The van der Waals surface area contributed by atoms with Gasteiger partial charge in [-0.15, -0.1) is 0 Å². The summed E-state index contributed by atoms with van der Waals surface area (Å²) in [5.41, 5.74) is 1.59. The van der Waals surface area contributed by atoms with Gasteiger partial charge in [0.25, 0.3) is 5.91 Å². The molecule has 1 aliphatic rings. The van der Waals surface area contributed by atoms with Crippen molar-refractivity contribution in [3.8, 4) is 6.07 Å². The number of carbonyl (C=O) groups excluding carboxylic acids is 3. The number of carboxylic acid groups (broad SMARTS) is 1. The Hall–Kier alpha value is -3.99. The number of carbonyl (C=O) groups is 4. The van der Waals surface area contributed by atoms with Gasteiger partial charge in [0.15, 0.2) is 5.78 Å². The van der Waals surface area contributed by atoms with E-state index in [0.717, 1.165) is 5.56 Å². The zero-order chi connectivity index (χ0) is 23.8. The Bertz CT molecular complexity index is 1060. The molecule has 0 aliphatic carbocycles. The molecule has 8 heteroatoms. The molecule has 1 fully saturated rings. The third kappa shape index (κ3) is 6.26. The van der Waals surface area contributed by atoms with Crippen molar-refractivity contribution < 1.29 is 24.3 Å². The van der Waals surface area contributed by atoms with Gasteiger partial charge in [-0.2, -0.15) is 5.26 Å². The van der Waals surface area contributed by atoms with Crippen LogP contribution in [0.5, 0.6) is 0 Å². The van der Waals surface area contributed by atoms with Crippen LogP contribution >= 0.6 is 0 Å². The van der Waals surface area contributed by atoms with E-state index in [0.29, 0.717) is 30.5 Å². The number of likely N-dealkylation sites (tertiary alicyclic amines) is 1. The molecule has 0 radical (unpaired) electrons.